The van der Waals surface area contributed by atoms with Gasteiger partial charge in [-0.15, -0.1) is 0 Å². The van der Waals surface area contributed by atoms with Crippen molar-refractivity contribution in [3.63, 3.8) is 0 Å². The molecule has 0 saturated carbocycles. The Labute approximate surface area is 101 Å². The van der Waals surface area contributed by atoms with Gasteiger partial charge in [-0.1, -0.05) is 6.42 Å². The van der Waals surface area contributed by atoms with Gasteiger partial charge in [0, 0.05) is 19.3 Å². The maximum atomic E-state index is 11.2. The third-order valence-corrected chi connectivity index (χ3v) is 3.37. The minimum Gasteiger partial charge on any atom is -0.480 e. The van der Waals surface area contributed by atoms with Crippen LogP contribution in [-0.2, 0) is 17.9 Å². The number of aliphatic carboxylic acids is 1. The first-order valence-electron chi connectivity index (χ1n) is 6.20. The zero-order chi connectivity index (χ0) is 12.3. The molecule has 0 amide bonds. The number of likely N-dealkylation sites (tertiary alicyclic amines) is 1. The standard InChI is InChI=1S/C12H19N3O2/c1-2-15-10(6-7-13-15)9-14-8-4-3-5-11(14)12(16)17/h6-7,11H,2-5,8-9H2,1H3,(H,16,17). The lowest BCUT2D eigenvalue weighted by Crippen LogP contribution is -2.44. The number of carboxylic acid groups (broad SMARTS) is 1. The van der Waals surface area contributed by atoms with E-state index in [-0.39, 0.29) is 6.04 Å². The summed E-state index contributed by atoms with van der Waals surface area (Å²) < 4.78 is 1.92. The van der Waals surface area contributed by atoms with E-state index >= 15 is 0 Å². The van der Waals surface area contributed by atoms with Crippen molar-refractivity contribution in [2.45, 2.75) is 45.3 Å². The van der Waals surface area contributed by atoms with Crippen LogP contribution in [0.1, 0.15) is 31.9 Å². The van der Waals surface area contributed by atoms with Crippen LogP contribution in [-0.4, -0.2) is 38.3 Å². The lowest BCUT2D eigenvalue weighted by molar-refractivity contribution is -0.144. The number of rotatable bonds is 4. The molecule has 1 aromatic rings. The summed E-state index contributed by atoms with van der Waals surface area (Å²) in [4.78, 5) is 13.2. The van der Waals surface area contributed by atoms with E-state index in [9.17, 15) is 9.90 Å². The van der Waals surface area contributed by atoms with Crippen LogP contribution in [0.2, 0.25) is 0 Å². The average Bonchev–Trinajstić information content (AvgIpc) is 2.77. The molecule has 1 saturated heterocycles. The van der Waals surface area contributed by atoms with Crippen LogP contribution in [0.25, 0.3) is 0 Å². The third-order valence-electron chi connectivity index (χ3n) is 3.37. The van der Waals surface area contributed by atoms with Gasteiger partial charge in [0.15, 0.2) is 0 Å². The first kappa shape index (κ1) is 12.1. The highest BCUT2D eigenvalue weighted by molar-refractivity contribution is 5.73. The van der Waals surface area contributed by atoms with E-state index in [1.54, 1.807) is 6.20 Å². The SMILES string of the molecule is CCn1nccc1CN1CCCCC1C(=O)O. The molecule has 0 aliphatic carbocycles. The number of piperidine rings is 1. The topological polar surface area (TPSA) is 58.4 Å². The van der Waals surface area contributed by atoms with Crippen LogP contribution in [0.15, 0.2) is 12.3 Å². The Bertz CT molecular complexity index is 389. The van der Waals surface area contributed by atoms with Gasteiger partial charge < -0.3 is 5.11 Å². The van der Waals surface area contributed by atoms with Gasteiger partial charge in [0.2, 0.25) is 0 Å². The maximum Gasteiger partial charge on any atom is 0.320 e. The molecule has 1 unspecified atom stereocenters. The van der Waals surface area contributed by atoms with Gasteiger partial charge in [0.25, 0.3) is 0 Å². The van der Waals surface area contributed by atoms with Crippen molar-refractivity contribution in [2.24, 2.45) is 0 Å². The predicted molar refractivity (Wildman–Crippen MR) is 63.6 cm³/mol. The van der Waals surface area contributed by atoms with Gasteiger partial charge in [0.1, 0.15) is 6.04 Å². The molecule has 0 aromatic carbocycles. The normalized spacial score (nSPS) is 21.6. The Morgan fingerprint density at radius 1 is 1.59 bits per heavy atom. The first-order chi connectivity index (χ1) is 8.22. The molecule has 1 aliphatic rings. The fourth-order valence-electron chi connectivity index (χ4n) is 2.45. The molecule has 1 fully saturated rings. The van der Waals surface area contributed by atoms with Gasteiger partial charge >= 0.3 is 5.97 Å². The minimum absolute atomic E-state index is 0.330. The van der Waals surface area contributed by atoms with Crippen molar-refractivity contribution in [1.29, 1.82) is 0 Å². The van der Waals surface area contributed by atoms with Gasteiger partial charge in [-0.3, -0.25) is 14.4 Å². The molecule has 1 atom stereocenters. The second-order valence-corrected chi connectivity index (χ2v) is 4.46. The van der Waals surface area contributed by atoms with Crippen LogP contribution in [0, 0.1) is 0 Å². The lowest BCUT2D eigenvalue weighted by atomic mass is 10.0. The molecular weight excluding hydrogens is 218 g/mol. The van der Waals surface area contributed by atoms with Crippen molar-refractivity contribution in [1.82, 2.24) is 14.7 Å². The fourth-order valence-corrected chi connectivity index (χ4v) is 2.45. The molecule has 5 nitrogen and oxygen atoms in total. The fraction of sp³-hybridized carbons (Fsp3) is 0.667. The average molecular weight is 237 g/mol. The number of carbonyl (C=O) groups is 1. The maximum absolute atomic E-state index is 11.2. The van der Waals surface area contributed by atoms with Crippen LogP contribution >= 0.6 is 0 Å². The molecule has 1 aliphatic heterocycles. The van der Waals surface area contributed by atoms with Crippen molar-refractivity contribution in [3.05, 3.63) is 18.0 Å². The van der Waals surface area contributed by atoms with Crippen LogP contribution in [0.5, 0.6) is 0 Å². The van der Waals surface area contributed by atoms with E-state index in [1.807, 2.05) is 17.7 Å². The van der Waals surface area contributed by atoms with Crippen LogP contribution < -0.4 is 0 Å². The Morgan fingerprint density at radius 2 is 2.41 bits per heavy atom. The Balaban J connectivity index is 2.08. The number of hydrogen-bond donors (Lipinski definition) is 1. The molecule has 5 heteroatoms. The summed E-state index contributed by atoms with van der Waals surface area (Å²) in [6, 6.07) is 1.64. The Hall–Kier alpha value is -1.36. The number of aromatic nitrogens is 2. The smallest absolute Gasteiger partial charge is 0.320 e. The summed E-state index contributed by atoms with van der Waals surface area (Å²) in [5.74, 6) is -0.702. The van der Waals surface area contributed by atoms with E-state index in [4.69, 9.17) is 0 Å². The highest BCUT2D eigenvalue weighted by Crippen LogP contribution is 2.19. The summed E-state index contributed by atoms with van der Waals surface area (Å²) >= 11 is 0. The summed E-state index contributed by atoms with van der Waals surface area (Å²) in [5.41, 5.74) is 1.10. The van der Waals surface area contributed by atoms with Crippen molar-refractivity contribution >= 4 is 5.97 Å². The quantitative estimate of drug-likeness (QED) is 0.858. The molecule has 2 heterocycles. The van der Waals surface area contributed by atoms with Gasteiger partial charge in [-0.25, -0.2) is 0 Å². The largest absolute Gasteiger partial charge is 0.480 e. The van der Waals surface area contributed by atoms with Crippen molar-refractivity contribution in [2.75, 3.05) is 6.54 Å². The number of hydrogen-bond acceptors (Lipinski definition) is 3. The number of aryl methyl sites for hydroxylation is 1. The van der Waals surface area contributed by atoms with Gasteiger partial charge in [-0.05, 0) is 32.4 Å². The van der Waals surface area contributed by atoms with E-state index in [0.717, 1.165) is 38.0 Å². The molecular formula is C12H19N3O2. The Kier molecular flexibility index (Phi) is 3.78. The Morgan fingerprint density at radius 3 is 3.12 bits per heavy atom. The third kappa shape index (κ3) is 2.66. The molecule has 94 valence electrons. The lowest BCUT2D eigenvalue weighted by Gasteiger charge is -2.32. The molecule has 0 radical (unpaired) electrons. The summed E-state index contributed by atoms with van der Waals surface area (Å²) in [6.45, 7) is 4.42. The number of carboxylic acids is 1. The monoisotopic (exact) mass is 237 g/mol. The molecule has 0 bridgehead atoms. The molecule has 0 spiro atoms. The molecule has 17 heavy (non-hydrogen) atoms. The summed E-state index contributed by atoms with van der Waals surface area (Å²) in [5, 5.41) is 13.4. The highest BCUT2D eigenvalue weighted by atomic mass is 16.4. The van der Waals surface area contributed by atoms with E-state index in [0.29, 0.717) is 6.54 Å². The van der Waals surface area contributed by atoms with E-state index in [1.165, 1.54) is 0 Å². The van der Waals surface area contributed by atoms with Crippen LogP contribution in [0.4, 0.5) is 0 Å². The second kappa shape index (κ2) is 5.31. The van der Waals surface area contributed by atoms with E-state index in [2.05, 4.69) is 10.00 Å². The highest BCUT2D eigenvalue weighted by Gasteiger charge is 2.28. The van der Waals surface area contributed by atoms with E-state index < -0.39 is 5.97 Å². The van der Waals surface area contributed by atoms with Gasteiger partial charge in [-0.2, -0.15) is 5.10 Å². The summed E-state index contributed by atoms with van der Waals surface area (Å²) in [7, 11) is 0. The van der Waals surface area contributed by atoms with Crippen LogP contribution in [0.3, 0.4) is 0 Å². The minimum atomic E-state index is -0.702. The zero-order valence-corrected chi connectivity index (χ0v) is 10.2. The number of nitrogens with zero attached hydrogens (tertiary/aromatic N) is 3. The molecule has 1 aromatic heterocycles. The van der Waals surface area contributed by atoms with Gasteiger partial charge in [0.05, 0.1) is 5.69 Å². The first-order valence-corrected chi connectivity index (χ1v) is 6.20. The van der Waals surface area contributed by atoms with Crippen molar-refractivity contribution < 1.29 is 9.90 Å². The second-order valence-electron chi connectivity index (χ2n) is 4.46. The molecule has 2 rings (SSSR count). The van der Waals surface area contributed by atoms with Crippen molar-refractivity contribution in [3.8, 4) is 0 Å². The molecule has 1 N–H and O–H groups in total. The predicted octanol–water partition coefficient (Wildman–Crippen LogP) is 1.34. The zero-order valence-electron chi connectivity index (χ0n) is 10.2. The summed E-state index contributed by atoms with van der Waals surface area (Å²) in [6.07, 6.45) is 4.64.